The third kappa shape index (κ3) is 5.48. The van der Waals surface area contributed by atoms with E-state index in [1.165, 1.54) is 24.3 Å². The maximum Gasteiger partial charge on any atom is 0.224 e. The Labute approximate surface area is 283 Å². The maximum absolute atomic E-state index is 13.8. The molecule has 12 heteroatoms. The zero-order valence-corrected chi connectivity index (χ0v) is 27.7. The first-order valence-electron chi connectivity index (χ1n) is 15.8. The molecule has 1 unspecified atom stereocenters. The van der Waals surface area contributed by atoms with E-state index in [0.717, 1.165) is 0 Å². The Morgan fingerprint density at radius 1 is 0.667 bits per heavy atom. The monoisotopic (exact) mass is 676 g/mol. The summed E-state index contributed by atoms with van der Waals surface area (Å²) in [7, 11) is 0. The highest BCUT2D eigenvalue weighted by atomic mass is 17.5. The number of aliphatic hydroxyl groups is 5. The summed E-state index contributed by atoms with van der Waals surface area (Å²) < 4.78 is 26.8. The van der Waals surface area contributed by atoms with Gasteiger partial charge in [-0.15, -0.1) is 52.6 Å². The van der Waals surface area contributed by atoms with Gasteiger partial charge >= 0.3 is 0 Å². The lowest BCUT2D eigenvalue weighted by atomic mass is 9.49. The molecule has 0 spiro atoms. The van der Waals surface area contributed by atoms with Gasteiger partial charge in [-0.2, -0.15) is 9.78 Å². The van der Waals surface area contributed by atoms with E-state index in [-0.39, 0.29) is 51.6 Å². The molecule has 0 saturated carbocycles. The van der Waals surface area contributed by atoms with E-state index >= 15 is 0 Å². The van der Waals surface area contributed by atoms with Crippen molar-refractivity contribution in [3.63, 3.8) is 0 Å². The fraction of sp³-hybridized carbons (Fsp3) is 0.556. The molecule has 4 heterocycles. The molecule has 0 aliphatic carbocycles. The Morgan fingerprint density at radius 3 is 1.71 bits per heavy atom. The SMILES string of the molecule is C=CCO[C@@]1(CC=C)[C@@](O)(CC=C)[C@@]2(CC=C)OOOC(CC=C)(CC=C)[C@@]1(CC=C)O[C@@]2(CC=C)OC1(CO)O[C@H](CO)[C@@H](O)[C@@H]1O. The maximum atomic E-state index is 13.8. The molecule has 2 bridgehead atoms. The highest BCUT2D eigenvalue weighted by molar-refractivity contribution is 5.36. The van der Waals surface area contributed by atoms with Crippen LogP contribution in [-0.4, -0.2) is 103 Å². The number of aliphatic hydroxyl groups excluding tert-OH is 4. The molecule has 4 aliphatic heterocycles. The van der Waals surface area contributed by atoms with E-state index in [2.05, 4.69) is 52.6 Å². The second kappa shape index (κ2) is 15.5. The van der Waals surface area contributed by atoms with Crippen molar-refractivity contribution in [3.05, 3.63) is 101 Å². The summed E-state index contributed by atoms with van der Waals surface area (Å²) in [5, 5.41) is 62.5. The van der Waals surface area contributed by atoms with E-state index in [9.17, 15) is 25.5 Å². The van der Waals surface area contributed by atoms with E-state index < -0.39 is 71.1 Å². The van der Waals surface area contributed by atoms with Gasteiger partial charge in [-0.05, 0) is 0 Å². The van der Waals surface area contributed by atoms with Crippen molar-refractivity contribution in [2.45, 2.75) is 103 Å². The summed E-state index contributed by atoms with van der Waals surface area (Å²) in [6, 6.07) is 0. The van der Waals surface area contributed by atoms with Crippen LogP contribution < -0.4 is 0 Å². The standard InChI is InChI=1S/C36H52O12/c1-9-17-30(18-10-2)33(20-12-4)34(21-13-5,42-24-16-8)32(41,19-11-3)35(22-14-6,47-48-46-30)36(45-33,23-15-7)44-31(26-38)29(40)28(39)27(25-37)43-31/h9-16,27-29,37-41H,1-8,17-26H2/t27-,28-,29+,31?,32+,33-,34+,35-,36-/m1/s1. The van der Waals surface area contributed by atoms with Crippen LogP contribution in [0.2, 0.25) is 0 Å². The molecule has 48 heavy (non-hydrogen) atoms. The number of fused-ring (bicyclic) bond motifs is 5. The van der Waals surface area contributed by atoms with Crippen LogP contribution in [0.4, 0.5) is 0 Å². The van der Waals surface area contributed by atoms with E-state index in [0.29, 0.717) is 0 Å². The summed E-state index contributed by atoms with van der Waals surface area (Å²) in [4.78, 5) is 12.4. The first-order chi connectivity index (χ1) is 22.9. The number of hydrogen-bond donors (Lipinski definition) is 5. The highest BCUT2D eigenvalue weighted by Crippen LogP contribution is 2.69. The molecule has 0 aromatic heterocycles. The lowest BCUT2D eigenvalue weighted by Gasteiger charge is -2.74. The third-order valence-corrected chi connectivity index (χ3v) is 9.84. The van der Waals surface area contributed by atoms with Crippen LogP contribution in [0, 0.1) is 0 Å². The topological polar surface area (TPSA) is 166 Å². The minimum absolute atomic E-state index is 0.00900. The summed E-state index contributed by atoms with van der Waals surface area (Å²) in [6.45, 7) is 29.7. The molecule has 268 valence electrons. The smallest absolute Gasteiger partial charge is 0.224 e. The van der Waals surface area contributed by atoms with Crippen LogP contribution in [0.1, 0.15) is 44.9 Å². The molecule has 0 amide bonds. The van der Waals surface area contributed by atoms with Crippen molar-refractivity contribution in [1.29, 1.82) is 0 Å². The zero-order valence-electron chi connectivity index (χ0n) is 27.7. The van der Waals surface area contributed by atoms with Crippen LogP contribution >= 0.6 is 0 Å². The van der Waals surface area contributed by atoms with Crippen LogP contribution in [0.5, 0.6) is 0 Å². The quantitative estimate of drug-likeness (QED) is 0.0891. The van der Waals surface area contributed by atoms with Crippen molar-refractivity contribution in [2.24, 2.45) is 0 Å². The summed E-state index contributed by atoms with van der Waals surface area (Å²) >= 11 is 0. The van der Waals surface area contributed by atoms with Crippen LogP contribution in [0.25, 0.3) is 0 Å². The van der Waals surface area contributed by atoms with Crippen molar-refractivity contribution >= 4 is 0 Å². The van der Waals surface area contributed by atoms with Gasteiger partial charge in [0.15, 0.2) is 5.60 Å². The molecule has 5 N–H and O–H groups in total. The first-order valence-corrected chi connectivity index (χ1v) is 15.8. The average Bonchev–Trinajstić information content (AvgIpc) is 3.29. The predicted octanol–water partition coefficient (Wildman–Crippen LogP) is 3.35. The molecule has 0 aromatic carbocycles. The second-order valence-electron chi connectivity index (χ2n) is 12.3. The highest BCUT2D eigenvalue weighted by Gasteiger charge is 2.88. The Morgan fingerprint density at radius 2 is 1.23 bits per heavy atom. The fourth-order valence-electron chi connectivity index (χ4n) is 7.97. The molecule has 4 aliphatic rings. The van der Waals surface area contributed by atoms with Crippen LogP contribution in [-0.2, 0) is 33.8 Å². The van der Waals surface area contributed by atoms with Crippen LogP contribution in [0.15, 0.2) is 101 Å². The van der Waals surface area contributed by atoms with Gasteiger partial charge in [-0.1, -0.05) is 53.6 Å². The van der Waals surface area contributed by atoms with Gasteiger partial charge < -0.3 is 44.5 Å². The Hall–Kier alpha value is -2.56. The summed E-state index contributed by atoms with van der Waals surface area (Å²) in [5.41, 5.74) is -10.1. The summed E-state index contributed by atoms with van der Waals surface area (Å²) in [6.07, 6.45) is 5.85. The molecular weight excluding hydrogens is 624 g/mol. The first kappa shape index (κ1) is 39.9. The Balaban J connectivity index is 2.71. The number of ether oxygens (including phenoxy) is 4. The molecule has 12 nitrogen and oxygen atoms in total. The van der Waals surface area contributed by atoms with Gasteiger partial charge in [-0.3, -0.25) is 0 Å². The van der Waals surface area contributed by atoms with Crippen molar-refractivity contribution in [2.75, 3.05) is 19.8 Å². The van der Waals surface area contributed by atoms with E-state index in [4.69, 9.17) is 33.8 Å². The molecule has 4 fully saturated rings. The molecule has 4 rings (SSSR count). The molecular formula is C36H52O12. The number of hydrogen-bond acceptors (Lipinski definition) is 12. The average molecular weight is 677 g/mol. The fourth-order valence-corrected chi connectivity index (χ4v) is 7.97. The van der Waals surface area contributed by atoms with Crippen molar-refractivity contribution in [3.8, 4) is 0 Å². The van der Waals surface area contributed by atoms with Gasteiger partial charge in [0.25, 0.3) is 0 Å². The normalized spacial score (nSPS) is 40.2. The largest absolute Gasteiger partial charge is 0.394 e. The Kier molecular flexibility index (Phi) is 12.9. The minimum Gasteiger partial charge on any atom is -0.394 e. The summed E-state index contributed by atoms with van der Waals surface area (Å²) in [5.74, 6) is -4.82. The predicted molar refractivity (Wildman–Crippen MR) is 178 cm³/mol. The zero-order chi connectivity index (χ0) is 35.9. The van der Waals surface area contributed by atoms with Gasteiger partial charge in [0.05, 0.1) is 13.2 Å². The lowest BCUT2D eigenvalue weighted by Crippen LogP contribution is -2.93. The van der Waals surface area contributed by atoms with Crippen LogP contribution in [0.3, 0.4) is 0 Å². The van der Waals surface area contributed by atoms with E-state index in [1.807, 2.05) is 0 Å². The number of rotatable bonds is 21. The van der Waals surface area contributed by atoms with Crippen molar-refractivity contribution in [1.82, 2.24) is 0 Å². The van der Waals surface area contributed by atoms with Gasteiger partial charge in [0, 0.05) is 44.9 Å². The van der Waals surface area contributed by atoms with E-state index in [1.54, 1.807) is 24.3 Å². The molecule has 0 radical (unpaired) electrons. The molecule has 4 saturated heterocycles. The molecule has 0 aromatic rings. The third-order valence-electron chi connectivity index (χ3n) is 9.84. The Bertz CT molecular complexity index is 1210. The minimum atomic E-state index is -2.46. The van der Waals surface area contributed by atoms with Gasteiger partial charge in [0.2, 0.25) is 11.6 Å². The second-order valence-corrected chi connectivity index (χ2v) is 12.3. The van der Waals surface area contributed by atoms with Gasteiger partial charge in [-0.25, -0.2) is 0 Å². The lowest BCUT2D eigenvalue weighted by molar-refractivity contribution is -0.667. The van der Waals surface area contributed by atoms with Gasteiger partial charge in [0.1, 0.15) is 47.3 Å². The van der Waals surface area contributed by atoms with Crippen molar-refractivity contribution < 1.29 is 59.3 Å². The molecule has 9 atom stereocenters.